The van der Waals surface area contributed by atoms with Gasteiger partial charge in [-0.1, -0.05) is 18.6 Å². The molecule has 2 rings (SSSR count). The predicted molar refractivity (Wildman–Crippen MR) is 79.4 cm³/mol. The first kappa shape index (κ1) is 14.4. The van der Waals surface area contributed by atoms with E-state index in [1.807, 2.05) is 19.2 Å². The Morgan fingerprint density at radius 2 is 2.26 bits per heavy atom. The van der Waals surface area contributed by atoms with E-state index < -0.39 is 0 Å². The van der Waals surface area contributed by atoms with Crippen LogP contribution in [0.5, 0.6) is 5.75 Å². The molecule has 1 aliphatic heterocycles. The fourth-order valence-corrected chi connectivity index (χ4v) is 3.13. The number of piperidine rings is 1. The molecule has 1 aromatic carbocycles. The zero-order valence-electron chi connectivity index (χ0n) is 12.1. The molecule has 1 aliphatic rings. The van der Waals surface area contributed by atoms with Crippen LogP contribution >= 0.6 is 0 Å². The number of likely N-dealkylation sites (tertiary alicyclic amines) is 1. The summed E-state index contributed by atoms with van der Waals surface area (Å²) in [5.41, 5.74) is 1.22. The van der Waals surface area contributed by atoms with E-state index in [4.69, 9.17) is 0 Å². The number of phenolic OH excluding ortho intramolecular Hbond substituents is 1. The van der Waals surface area contributed by atoms with Crippen molar-refractivity contribution in [3.8, 4) is 5.75 Å². The highest BCUT2D eigenvalue weighted by Crippen LogP contribution is 2.30. The average Bonchev–Trinajstić information content (AvgIpc) is 2.44. The van der Waals surface area contributed by atoms with Gasteiger partial charge in [-0.15, -0.1) is 0 Å². The molecule has 3 heteroatoms. The maximum atomic E-state index is 9.64. The molecule has 1 heterocycles. The molecule has 0 radical (unpaired) electrons. The first-order valence-corrected chi connectivity index (χ1v) is 7.41. The van der Waals surface area contributed by atoms with Gasteiger partial charge in [-0.05, 0) is 64.0 Å². The van der Waals surface area contributed by atoms with Gasteiger partial charge in [0.15, 0.2) is 0 Å². The van der Waals surface area contributed by atoms with Crippen molar-refractivity contribution < 1.29 is 5.11 Å². The van der Waals surface area contributed by atoms with E-state index in [-0.39, 0.29) is 0 Å². The van der Waals surface area contributed by atoms with Gasteiger partial charge in [0.2, 0.25) is 0 Å². The van der Waals surface area contributed by atoms with Crippen LogP contribution in [-0.4, -0.2) is 36.2 Å². The minimum absolute atomic E-state index is 0.369. The molecule has 0 aromatic heterocycles. The summed E-state index contributed by atoms with van der Waals surface area (Å²) in [5.74, 6) is 0.369. The summed E-state index contributed by atoms with van der Waals surface area (Å²) < 4.78 is 0. The van der Waals surface area contributed by atoms with Crippen molar-refractivity contribution in [1.82, 2.24) is 10.2 Å². The Kier molecular flexibility index (Phi) is 5.23. The second-order valence-electron chi connectivity index (χ2n) is 5.55. The molecule has 0 saturated carbocycles. The lowest BCUT2D eigenvalue weighted by atomic mass is 9.95. The number of phenols is 1. The standard InChI is InChI=1S/C16H26N2O/c1-13(14-6-5-8-16(19)12-14)18-11-4-3-7-15(18)9-10-17-2/h5-6,8,12-13,15,17,19H,3-4,7,9-11H2,1-2H3. The summed E-state index contributed by atoms with van der Waals surface area (Å²) in [6.45, 7) is 4.51. The Morgan fingerprint density at radius 1 is 1.42 bits per heavy atom. The van der Waals surface area contributed by atoms with Crippen molar-refractivity contribution in [3.05, 3.63) is 29.8 Å². The van der Waals surface area contributed by atoms with Gasteiger partial charge >= 0.3 is 0 Å². The minimum Gasteiger partial charge on any atom is -0.508 e. The van der Waals surface area contributed by atoms with Gasteiger partial charge in [-0.25, -0.2) is 0 Å². The van der Waals surface area contributed by atoms with Crippen molar-refractivity contribution in [2.45, 2.75) is 44.7 Å². The number of aromatic hydroxyl groups is 1. The third-order valence-electron chi connectivity index (χ3n) is 4.25. The first-order valence-electron chi connectivity index (χ1n) is 7.41. The topological polar surface area (TPSA) is 35.5 Å². The molecule has 106 valence electrons. The molecule has 2 unspecified atom stereocenters. The van der Waals surface area contributed by atoms with Crippen molar-refractivity contribution in [1.29, 1.82) is 0 Å². The van der Waals surface area contributed by atoms with E-state index in [1.165, 1.54) is 37.8 Å². The summed E-state index contributed by atoms with van der Waals surface area (Å²) in [6, 6.07) is 8.74. The fourth-order valence-electron chi connectivity index (χ4n) is 3.13. The van der Waals surface area contributed by atoms with E-state index in [0.29, 0.717) is 17.8 Å². The van der Waals surface area contributed by atoms with Crippen LogP contribution in [0.25, 0.3) is 0 Å². The number of benzene rings is 1. The molecule has 2 atom stereocenters. The SMILES string of the molecule is CNCCC1CCCCN1C(C)c1cccc(O)c1. The first-order chi connectivity index (χ1) is 9.22. The molecule has 1 saturated heterocycles. The zero-order valence-corrected chi connectivity index (χ0v) is 12.1. The largest absolute Gasteiger partial charge is 0.508 e. The van der Waals surface area contributed by atoms with Crippen LogP contribution in [0.15, 0.2) is 24.3 Å². The zero-order chi connectivity index (χ0) is 13.7. The highest BCUT2D eigenvalue weighted by atomic mass is 16.3. The Bertz CT molecular complexity index is 394. The molecule has 0 aliphatic carbocycles. The molecule has 3 nitrogen and oxygen atoms in total. The lowest BCUT2D eigenvalue weighted by molar-refractivity contribution is 0.0970. The monoisotopic (exact) mass is 262 g/mol. The Morgan fingerprint density at radius 3 is 3.00 bits per heavy atom. The van der Waals surface area contributed by atoms with Gasteiger partial charge in [0.1, 0.15) is 5.75 Å². The second-order valence-corrected chi connectivity index (χ2v) is 5.55. The molecule has 0 amide bonds. The molecule has 1 fully saturated rings. The summed E-state index contributed by atoms with van der Waals surface area (Å²) >= 11 is 0. The number of nitrogens with zero attached hydrogens (tertiary/aromatic N) is 1. The van der Waals surface area contributed by atoms with E-state index >= 15 is 0 Å². The average molecular weight is 262 g/mol. The van der Waals surface area contributed by atoms with Gasteiger partial charge in [0, 0.05) is 12.1 Å². The normalized spacial score (nSPS) is 22.3. The Hall–Kier alpha value is -1.06. The third-order valence-corrected chi connectivity index (χ3v) is 4.25. The quantitative estimate of drug-likeness (QED) is 0.856. The number of nitrogens with one attached hydrogen (secondary N) is 1. The van der Waals surface area contributed by atoms with Crippen LogP contribution < -0.4 is 5.32 Å². The smallest absolute Gasteiger partial charge is 0.115 e. The van der Waals surface area contributed by atoms with Crippen LogP contribution in [0, 0.1) is 0 Å². The summed E-state index contributed by atoms with van der Waals surface area (Å²) in [6.07, 6.45) is 5.14. The van der Waals surface area contributed by atoms with Gasteiger partial charge in [-0.2, -0.15) is 0 Å². The molecule has 1 aromatic rings. The fraction of sp³-hybridized carbons (Fsp3) is 0.625. The van der Waals surface area contributed by atoms with Gasteiger partial charge in [-0.3, -0.25) is 4.90 Å². The van der Waals surface area contributed by atoms with Gasteiger partial charge in [0.25, 0.3) is 0 Å². The molecule has 19 heavy (non-hydrogen) atoms. The summed E-state index contributed by atoms with van der Waals surface area (Å²) in [7, 11) is 2.02. The van der Waals surface area contributed by atoms with Crippen LogP contribution in [0.3, 0.4) is 0 Å². The summed E-state index contributed by atoms with van der Waals surface area (Å²) in [5, 5.41) is 12.9. The highest BCUT2D eigenvalue weighted by Gasteiger charge is 2.26. The highest BCUT2D eigenvalue weighted by molar-refractivity contribution is 5.29. The van der Waals surface area contributed by atoms with Crippen molar-refractivity contribution >= 4 is 0 Å². The second kappa shape index (κ2) is 6.92. The van der Waals surface area contributed by atoms with Crippen molar-refractivity contribution in [2.24, 2.45) is 0 Å². The van der Waals surface area contributed by atoms with Crippen LogP contribution in [0.4, 0.5) is 0 Å². The molecular weight excluding hydrogens is 236 g/mol. The van der Waals surface area contributed by atoms with Crippen molar-refractivity contribution in [3.63, 3.8) is 0 Å². The predicted octanol–water partition coefficient (Wildman–Crippen LogP) is 2.92. The number of hydrogen-bond donors (Lipinski definition) is 2. The van der Waals surface area contributed by atoms with E-state index in [1.54, 1.807) is 6.07 Å². The van der Waals surface area contributed by atoms with Gasteiger partial charge < -0.3 is 10.4 Å². The van der Waals surface area contributed by atoms with E-state index in [2.05, 4.69) is 23.2 Å². The molecule has 0 bridgehead atoms. The third kappa shape index (κ3) is 3.71. The minimum atomic E-state index is 0.369. The number of rotatable bonds is 5. The lowest BCUT2D eigenvalue weighted by Crippen LogP contribution is -2.42. The molecular formula is C16H26N2O. The van der Waals surface area contributed by atoms with E-state index in [9.17, 15) is 5.11 Å². The van der Waals surface area contributed by atoms with Crippen LogP contribution in [-0.2, 0) is 0 Å². The molecule has 2 N–H and O–H groups in total. The Labute approximate surface area is 116 Å². The summed E-state index contributed by atoms with van der Waals surface area (Å²) in [4.78, 5) is 2.61. The van der Waals surface area contributed by atoms with Gasteiger partial charge in [0.05, 0.1) is 0 Å². The van der Waals surface area contributed by atoms with Crippen molar-refractivity contribution in [2.75, 3.05) is 20.1 Å². The van der Waals surface area contributed by atoms with Crippen LogP contribution in [0.1, 0.15) is 44.2 Å². The maximum absolute atomic E-state index is 9.64. The van der Waals surface area contributed by atoms with E-state index in [0.717, 1.165) is 6.54 Å². The number of hydrogen-bond acceptors (Lipinski definition) is 3. The maximum Gasteiger partial charge on any atom is 0.115 e. The lowest BCUT2D eigenvalue weighted by Gasteiger charge is -2.40. The van der Waals surface area contributed by atoms with Crippen LogP contribution in [0.2, 0.25) is 0 Å². The molecule has 0 spiro atoms. The Balaban J connectivity index is 2.08.